The number of rotatable bonds is 11. The first kappa shape index (κ1) is 23.0. The van der Waals surface area contributed by atoms with Crippen molar-refractivity contribution < 1.29 is 14.3 Å². The molecule has 1 atom stereocenters. The number of nitrogens with one attached hydrogen (secondary N) is 1. The summed E-state index contributed by atoms with van der Waals surface area (Å²) in [5.74, 6) is 0.917. The zero-order valence-electron chi connectivity index (χ0n) is 19.1. The highest BCUT2D eigenvalue weighted by molar-refractivity contribution is 6.42. The third kappa shape index (κ3) is 5.27. The number of ketones is 1. The highest BCUT2D eigenvalue weighted by Crippen LogP contribution is 2.49. The van der Waals surface area contributed by atoms with E-state index < -0.39 is 5.41 Å². The molecule has 1 N–H and O–H groups in total. The van der Waals surface area contributed by atoms with Crippen LogP contribution in [0, 0.1) is 5.41 Å². The Morgan fingerprint density at radius 3 is 2.61 bits per heavy atom. The number of aromatic nitrogens is 2. The Hall–Kier alpha value is -3.13. The molecule has 174 valence electrons. The van der Waals surface area contributed by atoms with E-state index in [1.165, 1.54) is 0 Å². The molecular formula is C25H31N5O3. The van der Waals surface area contributed by atoms with E-state index in [-0.39, 0.29) is 17.4 Å². The summed E-state index contributed by atoms with van der Waals surface area (Å²) in [6, 6.07) is 7.88. The third-order valence-corrected chi connectivity index (χ3v) is 6.81. The van der Waals surface area contributed by atoms with Crippen LogP contribution >= 0.6 is 0 Å². The van der Waals surface area contributed by atoms with Crippen LogP contribution in [0.2, 0.25) is 0 Å². The fourth-order valence-corrected chi connectivity index (χ4v) is 4.53. The number of carbonyl (C=O) groups is 2. The molecule has 0 aromatic carbocycles. The van der Waals surface area contributed by atoms with Crippen molar-refractivity contribution in [1.29, 1.82) is 5.41 Å². The predicted octanol–water partition coefficient (Wildman–Crippen LogP) is 2.59. The Balaban J connectivity index is 1.34. The molecular weight excluding hydrogens is 418 g/mol. The van der Waals surface area contributed by atoms with Crippen LogP contribution < -0.4 is 4.90 Å². The van der Waals surface area contributed by atoms with Gasteiger partial charge in [-0.25, -0.2) is 4.98 Å². The summed E-state index contributed by atoms with van der Waals surface area (Å²) < 4.78 is 4.78. The second-order valence-corrected chi connectivity index (χ2v) is 8.98. The quantitative estimate of drug-likeness (QED) is 0.320. The lowest BCUT2D eigenvalue weighted by Crippen LogP contribution is -2.47. The highest BCUT2D eigenvalue weighted by Gasteiger charge is 2.52. The number of hydrogen-bond donors (Lipinski definition) is 1. The maximum Gasteiger partial charge on any atom is 0.293 e. The number of Topliss-reactive ketones (excluding diaryl/α,β-unsaturated/α-hetero) is 1. The summed E-state index contributed by atoms with van der Waals surface area (Å²) in [5, 5.41) is 8.47. The minimum Gasteiger partial charge on any atom is -0.467 e. The molecule has 1 unspecified atom stereocenters. The first-order chi connectivity index (χ1) is 16.0. The van der Waals surface area contributed by atoms with Crippen LogP contribution in [0.15, 0.2) is 42.9 Å². The number of carbonyl (C=O) groups excluding carboxylic acids is 2. The molecule has 0 radical (unpaired) electrons. The smallest absolute Gasteiger partial charge is 0.293 e. The van der Waals surface area contributed by atoms with Gasteiger partial charge in [0.15, 0.2) is 5.78 Å². The number of anilines is 1. The molecule has 0 bridgehead atoms. The van der Waals surface area contributed by atoms with Crippen LogP contribution in [-0.2, 0) is 19.7 Å². The molecule has 8 nitrogen and oxygen atoms in total. The zero-order valence-corrected chi connectivity index (χ0v) is 19.1. The largest absolute Gasteiger partial charge is 0.467 e. The van der Waals surface area contributed by atoms with Crippen LogP contribution in [0.4, 0.5) is 5.82 Å². The predicted molar refractivity (Wildman–Crippen MR) is 126 cm³/mol. The van der Waals surface area contributed by atoms with Gasteiger partial charge in [-0.05, 0) is 48.4 Å². The first-order valence-corrected chi connectivity index (χ1v) is 11.5. The second kappa shape index (κ2) is 10.2. The van der Waals surface area contributed by atoms with Crippen LogP contribution in [0.5, 0.6) is 0 Å². The molecule has 3 heterocycles. The second-order valence-electron chi connectivity index (χ2n) is 8.98. The monoisotopic (exact) mass is 449 g/mol. The van der Waals surface area contributed by atoms with E-state index in [1.807, 2.05) is 37.4 Å². The normalized spacial score (nSPS) is 18.4. The fourth-order valence-electron chi connectivity index (χ4n) is 4.53. The van der Waals surface area contributed by atoms with Gasteiger partial charge >= 0.3 is 0 Å². The SMILES string of the molecule is CC(CC(=N)C(=O)C1(c2ccc(N3CCN(CCOC=O)CC3)nc2)CC1)c1cccnc1. The van der Waals surface area contributed by atoms with Gasteiger partial charge in [0.1, 0.15) is 12.4 Å². The molecule has 8 heteroatoms. The lowest BCUT2D eigenvalue weighted by atomic mass is 9.86. The Morgan fingerprint density at radius 2 is 2.00 bits per heavy atom. The van der Waals surface area contributed by atoms with Crippen molar-refractivity contribution >= 4 is 23.8 Å². The van der Waals surface area contributed by atoms with Crippen molar-refractivity contribution in [2.45, 2.75) is 37.5 Å². The topological polar surface area (TPSA) is 99.5 Å². The molecule has 1 saturated heterocycles. The standard InChI is InChI=1S/C25H31N5O3/c1-19(20-3-2-8-27-16-20)15-22(26)24(32)25(6-7-25)21-4-5-23(28-17-21)30-11-9-29(10-12-30)13-14-33-18-31/h2-5,8,16-19,26H,6-7,9-15H2,1H3. The zero-order chi connectivity index (χ0) is 23.3. The summed E-state index contributed by atoms with van der Waals surface area (Å²) in [6.07, 6.45) is 7.32. The molecule has 0 spiro atoms. The van der Waals surface area contributed by atoms with Gasteiger partial charge in [0, 0.05) is 51.3 Å². The Morgan fingerprint density at radius 1 is 1.21 bits per heavy atom. The molecule has 2 aromatic heterocycles. The lowest BCUT2D eigenvalue weighted by molar-refractivity contribution is -0.129. The van der Waals surface area contributed by atoms with E-state index in [2.05, 4.69) is 19.8 Å². The molecule has 4 rings (SSSR count). The van der Waals surface area contributed by atoms with E-state index in [4.69, 9.17) is 10.1 Å². The van der Waals surface area contributed by atoms with Gasteiger partial charge in [-0.3, -0.25) is 19.5 Å². The summed E-state index contributed by atoms with van der Waals surface area (Å²) in [6.45, 7) is 7.17. The maximum absolute atomic E-state index is 13.2. The molecule has 0 amide bonds. The van der Waals surface area contributed by atoms with E-state index in [0.717, 1.165) is 62.5 Å². The molecule has 2 aliphatic rings. The van der Waals surface area contributed by atoms with Gasteiger partial charge in [-0.2, -0.15) is 0 Å². The maximum atomic E-state index is 13.2. The van der Waals surface area contributed by atoms with Crippen molar-refractivity contribution in [3.8, 4) is 0 Å². The van der Waals surface area contributed by atoms with E-state index >= 15 is 0 Å². The van der Waals surface area contributed by atoms with Crippen LogP contribution in [-0.4, -0.2) is 72.2 Å². The van der Waals surface area contributed by atoms with Crippen molar-refractivity contribution in [1.82, 2.24) is 14.9 Å². The first-order valence-electron chi connectivity index (χ1n) is 11.5. The Labute approximate surface area is 194 Å². The number of hydrogen-bond acceptors (Lipinski definition) is 8. The van der Waals surface area contributed by atoms with Gasteiger partial charge in [-0.15, -0.1) is 0 Å². The minimum atomic E-state index is -0.575. The van der Waals surface area contributed by atoms with Crippen LogP contribution in [0.1, 0.15) is 43.2 Å². The van der Waals surface area contributed by atoms with E-state index in [1.54, 1.807) is 12.4 Å². The molecule has 1 saturated carbocycles. The fraction of sp³-hybridized carbons (Fsp3) is 0.480. The minimum absolute atomic E-state index is 0.0704. The molecule has 2 aromatic rings. The van der Waals surface area contributed by atoms with E-state index in [9.17, 15) is 9.59 Å². The van der Waals surface area contributed by atoms with Gasteiger partial charge < -0.3 is 15.0 Å². The number of nitrogens with zero attached hydrogens (tertiary/aromatic N) is 4. The van der Waals surface area contributed by atoms with Gasteiger partial charge in [0.2, 0.25) is 0 Å². The van der Waals surface area contributed by atoms with Crippen LogP contribution in [0.25, 0.3) is 0 Å². The number of piperazine rings is 1. The van der Waals surface area contributed by atoms with Gasteiger partial charge in [-0.1, -0.05) is 19.1 Å². The van der Waals surface area contributed by atoms with E-state index in [0.29, 0.717) is 19.5 Å². The summed E-state index contributed by atoms with van der Waals surface area (Å²) in [7, 11) is 0. The summed E-state index contributed by atoms with van der Waals surface area (Å²) >= 11 is 0. The summed E-state index contributed by atoms with van der Waals surface area (Å²) in [4.78, 5) is 36.8. The van der Waals surface area contributed by atoms with Crippen molar-refractivity contribution in [2.24, 2.45) is 0 Å². The molecule has 33 heavy (non-hydrogen) atoms. The average Bonchev–Trinajstić information content (AvgIpc) is 3.67. The Bertz CT molecular complexity index is 967. The van der Waals surface area contributed by atoms with Crippen molar-refractivity contribution in [3.05, 3.63) is 54.0 Å². The Kier molecular flexibility index (Phi) is 7.13. The van der Waals surface area contributed by atoms with Crippen molar-refractivity contribution in [3.63, 3.8) is 0 Å². The van der Waals surface area contributed by atoms with Crippen LogP contribution in [0.3, 0.4) is 0 Å². The highest BCUT2D eigenvalue weighted by atomic mass is 16.5. The number of ether oxygens (including phenoxy) is 1. The van der Waals surface area contributed by atoms with Gasteiger partial charge in [0.05, 0.1) is 11.1 Å². The number of pyridine rings is 2. The summed E-state index contributed by atoms with van der Waals surface area (Å²) in [5.41, 5.74) is 1.57. The lowest BCUT2D eigenvalue weighted by Gasteiger charge is -2.35. The third-order valence-electron chi connectivity index (χ3n) is 6.81. The van der Waals surface area contributed by atoms with Crippen molar-refractivity contribution in [2.75, 3.05) is 44.2 Å². The molecule has 2 fully saturated rings. The average molecular weight is 450 g/mol. The molecule has 1 aliphatic carbocycles. The molecule has 1 aliphatic heterocycles. The van der Waals surface area contributed by atoms with Gasteiger partial charge in [0.25, 0.3) is 6.47 Å².